The van der Waals surface area contributed by atoms with Gasteiger partial charge in [-0.15, -0.1) is 11.3 Å². The maximum atomic E-state index is 5.79. The Hall–Kier alpha value is -1.40. The summed E-state index contributed by atoms with van der Waals surface area (Å²) in [5, 5.41) is 4.50. The van der Waals surface area contributed by atoms with Crippen molar-refractivity contribution < 1.29 is 4.74 Å². The first kappa shape index (κ1) is 13.6. The predicted molar refractivity (Wildman–Crippen MR) is 83.2 cm³/mol. The number of nitrogens with zero attached hydrogens (tertiary/aromatic N) is 2. The highest BCUT2D eigenvalue weighted by molar-refractivity contribution is 7.18. The van der Waals surface area contributed by atoms with Gasteiger partial charge in [-0.05, 0) is 31.2 Å². The second-order valence-corrected chi connectivity index (χ2v) is 6.28. The van der Waals surface area contributed by atoms with Crippen LogP contribution in [0.2, 0.25) is 0 Å². The van der Waals surface area contributed by atoms with Crippen molar-refractivity contribution in [3.8, 4) is 0 Å². The van der Waals surface area contributed by atoms with Gasteiger partial charge in [0.1, 0.15) is 10.6 Å². The molecule has 1 atom stereocenters. The van der Waals surface area contributed by atoms with Crippen LogP contribution in [0.1, 0.15) is 24.6 Å². The van der Waals surface area contributed by atoms with Crippen LogP contribution in [-0.4, -0.2) is 29.7 Å². The molecule has 0 aliphatic carbocycles. The molecule has 0 aromatic carbocycles. The lowest BCUT2D eigenvalue weighted by molar-refractivity contribution is 0.185. The minimum atomic E-state index is 0.341. The van der Waals surface area contributed by atoms with Crippen molar-refractivity contribution >= 4 is 33.3 Å². The zero-order valence-corrected chi connectivity index (χ0v) is 12.5. The number of rotatable bonds is 5. The molecular weight excluding hydrogens is 272 g/mol. The van der Waals surface area contributed by atoms with Gasteiger partial charge < -0.3 is 15.8 Å². The first-order valence-electron chi connectivity index (χ1n) is 7.14. The number of anilines is 2. The van der Waals surface area contributed by atoms with E-state index in [1.165, 1.54) is 11.3 Å². The number of thiophene rings is 1. The van der Waals surface area contributed by atoms with Gasteiger partial charge in [-0.2, -0.15) is 4.98 Å². The van der Waals surface area contributed by atoms with E-state index in [1.54, 1.807) is 11.3 Å². The summed E-state index contributed by atoms with van der Waals surface area (Å²) in [7, 11) is 0. The molecule has 2 aromatic rings. The molecule has 0 spiro atoms. The van der Waals surface area contributed by atoms with Crippen LogP contribution in [0.25, 0.3) is 10.2 Å². The van der Waals surface area contributed by atoms with Crippen LogP contribution in [0, 0.1) is 5.92 Å². The summed E-state index contributed by atoms with van der Waals surface area (Å²) in [5.74, 6) is 1.88. The Kier molecular flexibility index (Phi) is 4.03. The molecule has 1 saturated heterocycles. The van der Waals surface area contributed by atoms with Gasteiger partial charge in [-0.25, -0.2) is 4.98 Å². The molecule has 0 amide bonds. The summed E-state index contributed by atoms with van der Waals surface area (Å²) in [6, 6.07) is 2.17. The highest BCUT2D eigenvalue weighted by Crippen LogP contribution is 2.30. The van der Waals surface area contributed by atoms with Gasteiger partial charge in [0.2, 0.25) is 5.95 Å². The fourth-order valence-corrected chi connectivity index (χ4v) is 3.48. The first-order chi connectivity index (χ1) is 9.76. The smallest absolute Gasteiger partial charge is 0.223 e. The molecule has 3 heterocycles. The average Bonchev–Trinajstić information content (AvgIpc) is 3.06. The molecule has 0 saturated carbocycles. The van der Waals surface area contributed by atoms with Crippen LogP contribution in [-0.2, 0) is 11.2 Å². The van der Waals surface area contributed by atoms with E-state index in [0.29, 0.717) is 11.9 Å². The summed E-state index contributed by atoms with van der Waals surface area (Å²) in [5.41, 5.74) is 5.79. The molecular formula is C14H20N4OS. The highest BCUT2D eigenvalue weighted by atomic mass is 32.1. The molecule has 1 unspecified atom stereocenters. The van der Waals surface area contributed by atoms with E-state index in [0.717, 1.165) is 48.6 Å². The Morgan fingerprint density at radius 2 is 2.40 bits per heavy atom. The van der Waals surface area contributed by atoms with Crippen LogP contribution in [0.3, 0.4) is 0 Å². The Morgan fingerprint density at radius 3 is 3.15 bits per heavy atom. The van der Waals surface area contributed by atoms with Crippen molar-refractivity contribution in [2.75, 3.05) is 30.8 Å². The summed E-state index contributed by atoms with van der Waals surface area (Å²) < 4.78 is 5.40. The Labute approximate surface area is 122 Å². The second-order valence-electron chi connectivity index (χ2n) is 5.16. The van der Waals surface area contributed by atoms with Gasteiger partial charge in [0, 0.05) is 24.6 Å². The van der Waals surface area contributed by atoms with E-state index in [2.05, 4.69) is 28.3 Å². The summed E-state index contributed by atoms with van der Waals surface area (Å²) >= 11 is 1.69. The van der Waals surface area contributed by atoms with Crippen LogP contribution < -0.4 is 11.1 Å². The molecule has 6 heteroatoms. The van der Waals surface area contributed by atoms with Crippen molar-refractivity contribution in [3.05, 3.63) is 10.9 Å². The molecule has 2 aromatic heterocycles. The number of aryl methyl sites for hydroxylation is 1. The topological polar surface area (TPSA) is 73.1 Å². The lowest BCUT2D eigenvalue weighted by atomic mass is 10.1. The van der Waals surface area contributed by atoms with Crippen molar-refractivity contribution in [3.63, 3.8) is 0 Å². The van der Waals surface area contributed by atoms with E-state index >= 15 is 0 Å². The standard InChI is InChI=1S/C14H20N4OS/c1-2-10-7-11-12(17-14(15)18-13(11)20-10)16-5-3-9-4-6-19-8-9/h7,9H,2-6,8H2,1H3,(H3,15,16,17,18). The number of nitrogen functional groups attached to an aromatic ring is 1. The number of nitrogens with two attached hydrogens (primary N) is 1. The lowest BCUT2D eigenvalue weighted by Crippen LogP contribution is -2.11. The van der Waals surface area contributed by atoms with Gasteiger partial charge in [-0.3, -0.25) is 0 Å². The van der Waals surface area contributed by atoms with E-state index in [4.69, 9.17) is 10.5 Å². The zero-order chi connectivity index (χ0) is 13.9. The number of aromatic nitrogens is 2. The predicted octanol–water partition coefficient (Wildman–Crippen LogP) is 2.67. The minimum Gasteiger partial charge on any atom is -0.381 e. The van der Waals surface area contributed by atoms with E-state index < -0.39 is 0 Å². The molecule has 3 N–H and O–H groups in total. The molecule has 3 rings (SSSR count). The maximum Gasteiger partial charge on any atom is 0.223 e. The summed E-state index contributed by atoms with van der Waals surface area (Å²) in [6.07, 6.45) is 3.29. The van der Waals surface area contributed by atoms with E-state index in [9.17, 15) is 0 Å². The quantitative estimate of drug-likeness (QED) is 0.886. The number of hydrogen-bond donors (Lipinski definition) is 2. The Balaban J connectivity index is 1.73. The van der Waals surface area contributed by atoms with Gasteiger partial charge in [-0.1, -0.05) is 6.92 Å². The van der Waals surface area contributed by atoms with Crippen LogP contribution in [0.4, 0.5) is 11.8 Å². The van der Waals surface area contributed by atoms with Gasteiger partial charge in [0.05, 0.1) is 5.39 Å². The number of ether oxygens (including phenoxy) is 1. The van der Waals surface area contributed by atoms with Crippen LogP contribution >= 0.6 is 11.3 Å². The minimum absolute atomic E-state index is 0.341. The maximum absolute atomic E-state index is 5.79. The number of hydrogen-bond acceptors (Lipinski definition) is 6. The molecule has 1 aliphatic heterocycles. The Morgan fingerprint density at radius 1 is 1.50 bits per heavy atom. The van der Waals surface area contributed by atoms with Crippen molar-refractivity contribution in [1.82, 2.24) is 9.97 Å². The Bertz CT molecular complexity index is 592. The highest BCUT2D eigenvalue weighted by Gasteiger charge is 2.15. The number of nitrogens with one attached hydrogen (secondary N) is 1. The van der Waals surface area contributed by atoms with E-state index in [1.807, 2.05) is 0 Å². The van der Waals surface area contributed by atoms with Crippen molar-refractivity contribution in [1.29, 1.82) is 0 Å². The normalized spacial score (nSPS) is 18.8. The largest absolute Gasteiger partial charge is 0.381 e. The van der Waals surface area contributed by atoms with Gasteiger partial charge >= 0.3 is 0 Å². The molecule has 1 aliphatic rings. The summed E-state index contributed by atoms with van der Waals surface area (Å²) in [6.45, 7) is 4.84. The van der Waals surface area contributed by atoms with E-state index in [-0.39, 0.29) is 0 Å². The average molecular weight is 292 g/mol. The first-order valence-corrected chi connectivity index (χ1v) is 7.95. The van der Waals surface area contributed by atoms with Gasteiger partial charge in [0.25, 0.3) is 0 Å². The zero-order valence-electron chi connectivity index (χ0n) is 11.7. The van der Waals surface area contributed by atoms with Crippen molar-refractivity contribution in [2.24, 2.45) is 5.92 Å². The molecule has 20 heavy (non-hydrogen) atoms. The molecule has 1 fully saturated rings. The van der Waals surface area contributed by atoms with Gasteiger partial charge in [0.15, 0.2) is 0 Å². The molecule has 0 radical (unpaired) electrons. The third-order valence-corrected chi connectivity index (χ3v) is 4.85. The van der Waals surface area contributed by atoms with Crippen LogP contribution in [0.5, 0.6) is 0 Å². The SMILES string of the molecule is CCc1cc2c(NCCC3CCOC3)nc(N)nc2s1. The summed E-state index contributed by atoms with van der Waals surface area (Å²) in [4.78, 5) is 10.9. The fourth-order valence-electron chi connectivity index (χ4n) is 2.50. The third-order valence-electron chi connectivity index (χ3n) is 3.68. The second kappa shape index (κ2) is 5.93. The fraction of sp³-hybridized carbons (Fsp3) is 0.571. The molecule has 108 valence electrons. The van der Waals surface area contributed by atoms with Crippen LogP contribution in [0.15, 0.2) is 6.07 Å². The monoisotopic (exact) mass is 292 g/mol. The third kappa shape index (κ3) is 2.86. The lowest BCUT2D eigenvalue weighted by Gasteiger charge is -2.10. The molecule has 0 bridgehead atoms. The van der Waals surface area contributed by atoms with Crippen molar-refractivity contribution in [2.45, 2.75) is 26.2 Å². The number of fused-ring (bicyclic) bond motifs is 1. The molecule has 5 nitrogen and oxygen atoms in total.